The van der Waals surface area contributed by atoms with Crippen LogP contribution in [0.4, 0.5) is 0 Å². The van der Waals surface area contributed by atoms with E-state index in [1.807, 2.05) is 0 Å². The minimum absolute atomic E-state index is 0.227. The molecular formula is C6H12O3. The molecule has 3 heteroatoms. The summed E-state index contributed by atoms with van der Waals surface area (Å²) in [6.45, 7) is 3.49. The Morgan fingerprint density at radius 3 is 1.44 bits per heavy atom. The van der Waals surface area contributed by atoms with Crippen molar-refractivity contribution in [3.05, 3.63) is 0 Å². The summed E-state index contributed by atoms with van der Waals surface area (Å²) in [5, 5.41) is 18.1. The first kappa shape index (κ1) is 6.99. The summed E-state index contributed by atoms with van der Waals surface area (Å²) in [5.74, 6) is 0. The van der Waals surface area contributed by atoms with Crippen molar-refractivity contribution >= 4 is 0 Å². The first-order chi connectivity index (χ1) is 4.13. The molecule has 1 aliphatic heterocycles. The minimum Gasteiger partial charge on any atom is -0.388 e. The molecule has 54 valence electrons. The molecule has 0 spiro atoms. The summed E-state index contributed by atoms with van der Waals surface area (Å²) >= 11 is 0. The Morgan fingerprint density at radius 1 is 1.00 bits per heavy atom. The van der Waals surface area contributed by atoms with Gasteiger partial charge in [-0.2, -0.15) is 0 Å². The van der Waals surface area contributed by atoms with E-state index in [-0.39, 0.29) is 12.2 Å². The molecule has 3 nitrogen and oxygen atoms in total. The van der Waals surface area contributed by atoms with Crippen LogP contribution in [0.3, 0.4) is 0 Å². The number of hydrogen-bond acceptors (Lipinski definition) is 3. The summed E-state index contributed by atoms with van der Waals surface area (Å²) in [5.41, 5.74) is 0. The second kappa shape index (κ2) is 2.25. The number of rotatable bonds is 0. The molecule has 0 bridgehead atoms. The quantitative estimate of drug-likeness (QED) is 0.468. The van der Waals surface area contributed by atoms with E-state index >= 15 is 0 Å². The van der Waals surface area contributed by atoms with Gasteiger partial charge in [-0.15, -0.1) is 0 Å². The van der Waals surface area contributed by atoms with Gasteiger partial charge < -0.3 is 14.9 Å². The number of ether oxygens (including phenoxy) is 1. The van der Waals surface area contributed by atoms with E-state index in [1.54, 1.807) is 13.8 Å². The molecule has 0 radical (unpaired) electrons. The SMILES string of the molecule is CC1O[C@H](C)[C@H](O)C1O. The third kappa shape index (κ3) is 1.08. The van der Waals surface area contributed by atoms with E-state index in [0.717, 1.165) is 0 Å². The fourth-order valence-electron chi connectivity index (χ4n) is 1.05. The Balaban J connectivity index is 2.54. The summed E-state index contributed by atoms with van der Waals surface area (Å²) in [7, 11) is 0. The predicted molar refractivity (Wildman–Crippen MR) is 32.0 cm³/mol. The lowest BCUT2D eigenvalue weighted by Gasteiger charge is -2.08. The van der Waals surface area contributed by atoms with Crippen molar-refractivity contribution in [2.24, 2.45) is 0 Å². The highest BCUT2D eigenvalue weighted by Gasteiger charge is 2.36. The van der Waals surface area contributed by atoms with Crippen LogP contribution >= 0.6 is 0 Å². The molecule has 0 aromatic heterocycles. The third-order valence-corrected chi connectivity index (χ3v) is 1.74. The van der Waals surface area contributed by atoms with Gasteiger partial charge in [-0.25, -0.2) is 0 Å². The molecule has 2 unspecified atom stereocenters. The number of hydrogen-bond donors (Lipinski definition) is 2. The van der Waals surface area contributed by atoms with Crippen molar-refractivity contribution in [2.75, 3.05) is 0 Å². The van der Waals surface area contributed by atoms with Crippen LogP contribution in [-0.2, 0) is 4.74 Å². The highest BCUT2D eigenvalue weighted by Crippen LogP contribution is 2.19. The Labute approximate surface area is 54.3 Å². The van der Waals surface area contributed by atoms with Crippen LogP contribution in [0, 0.1) is 0 Å². The monoisotopic (exact) mass is 132 g/mol. The Hall–Kier alpha value is -0.120. The average Bonchev–Trinajstić information content (AvgIpc) is 1.98. The molecule has 4 atom stereocenters. The molecule has 9 heavy (non-hydrogen) atoms. The molecule has 1 rings (SSSR count). The van der Waals surface area contributed by atoms with Gasteiger partial charge in [0, 0.05) is 0 Å². The molecule has 0 aromatic rings. The van der Waals surface area contributed by atoms with Gasteiger partial charge in [-0.05, 0) is 13.8 Å². The van der Waals surface area contributed by atoms with Gasteiger partial charge in [0.25, 0.3) is 0 Å². The fraction of sp³-hybridized carbons (Fsp3) is 1.00. The van der Waals surface area contributed by atoms with Crippen LogP contribution in [0.1, 0.15) is 13.8 Å². The first-order valence-electron chi connectivity index (χ1n) is 3.14. The molecule has 1 aliphatic rings. The zero-order valence-electron chi connectivity index (χ0n) is 5.61. The van der Waals surface area contributed by atoms with Crippen LogP contribution in [0.2, 0.25) is 0 Å². The largest absolute Gasteiger partial charge is 0.388 e. The molecule has 0 aromatic carbocycles. The van der Waals surface area contributed by atoms with E-state index in [4.69, 9.17) is 14.9 Å². The van der Waals surface area contributed by atoms with Gasteiger partial charge in [-0.3, -0.25) is 0 Å². The summed E-state index contributed by atoms with van der Waals surface area (Å²) < 4.78 is 5.09. The maximum atomic E-state index is 9.06. The van der Waals surface area contributed by atoms with Crippen molar-refractivity contribution in [2.45, 2.75) is 38.3 Å². The highest BCUT2D eigenvalue weighted by atomic mass is 16.5. The van der Waals surface area contributed by atoms with Gasteiger partial charge >= 0.3 is 0 Å². The van der Waals surface area contributed by atoms with Gasteiger partial charge in [0.15, 0.2) is 0 Å². The topological polar surface area (TPSA) is 49.7 Å². The zero-order chi connectivity index (χ0) is 7.02. The smallest absolute Gasteiger partial charge is 0.108 e. The molecule has 1 saturated heterocycles. The predicted octanol–water partition coefficient (Wildman–Crippen LogP) is -0.485. The maximum Gasteiger partial charge on any atom is 0.108 e. The normalized spacial score (nSPS) is 52.0. The van der Waals surface area contributed by atoms with Crippen molar-refractivity contribution in [1.29, 1.82) is 0 Å². The van der Waals surface area contributed by atoms with E-state index in [1.165, 1.54) is 0 Å². The number of aliphatic hydroxyl groups excluding tert-OH is 2. The van der Waals surface area contributed by atoms with Crippen molar-refractivity contribution in [1.82, 2.24) is 0 Å². The maximum absolute atomic E-state index is 9.06. The van der Waals surface area contributed by atoms with Crippen LogP contribution in [0.15, 0.2) is 0 Å². The fourth-order valence-corrected chi connectivity index (χ4v) is 1.05. The minimum atomic E-state index is -0.708. The van der Waals surface area contributed by atoms with E-state index < -0.39 is 12.2 Å². The standard InChI is InChI=1S/C6H12O3/c1-3-5(7)6(8)4(2)9-3/h3-8H,1-2H3/t3-,4?,5+,6?/m1/s1. The third-order valence-electron chi connectivity index (χ3n) is 1.74. The van der Waals surface area contributed by atoms with Gasteiger partial charge in [0.05, 0.1) is 12.2 Å². The molecule has 1 heterocycles. The average molecular weight is 132 g/mol. The molecule has 2 N–H and O–H groups in total. The summed E-state index contributed by atoms with van der Waals surface area (Å²) in [4.78, 5) is 0. The Kier molecular flexibility index (Phi) is 1.75. The van der Waals surface area contributed by atoms with Crippen LogP contribution in [0.5, 0.6) is 0 Å². The van der Waals surface area contributed by atoms with Crippen molar-refractivity contribution < 1.29 is 14.9 Å². The molecule has 0 amide bonds. The van der Waals surface area contributed by atoms with Gasteiger partial charge in [0.1, 0.15) is 12.2 Å². The van der Waals surface area contributed by atoms with Crippen molar-refractivity contribution in [3.63, 3.8) is 0 Å². The number of aliphatic hydroxyl groups is 2. The summed E-state index contributed by atoms with van der Waals surface area (Å²) in [6.07, 6.45) is -1.87. The summed E-state index contributed by atoms with van der Waals surface area (Å²) in [6, 6.07) is 0. The van der Waals surface area contributed by atoms with Gasteiger partial charge in [0.2, 0.25) is 0 Å². The lowest BCUT2D eigenvalue weighted by molar-refractivity contribution is 0.0281. The lowest BCUT2D eigenvalue weighted by Crippen LogP contribution is -2.30. The second-order valence-corrected chi connectivity index (χ2v) is 2.53. The molecule has 0 aliphatic carbocycles. The van der Waals surface area contributed by atoms with Crippen LogP contribution in [-0.4, -0.2) is 34.6 Å². The van der Waals surface area contributed by atoms with Crippen LogP contribution in [0.25, 0.3) is 0 Å². The zero-order valence-corrected chi connectivity index (χ0v) is 5.61. The van der Waals surface area contributed by atoms with E-state index in [0.29, 0.717) is 0 Å². The first-order valence-corrected chi connectivity index (χ1v) is 3.14. The molecular weight excluding hydrogens is 120 g/mol. The van der Waals surface area contributed by atoms with E-state index in [9.17, 15) is 0 Å². The van der Waals surface area contributed by atoms with Crippen LogP contribution < -0.4 is 0 Å². The second-order valence-electron chi connectivity index (χ2n) is 2.53. The molecule has 0 saturated carbocycles. The highest BCUT2D eigenvalue weighted by molar-refractivity contribution is 4.85. The Morgan fingerprint density at radius 2 is 1.33 bits per heavy atom. The Bertz CT molecular complexity index is 92.5. The molecule has 1 fully saturated rings. The van der Waals surface area contributed by atoms with Crippen molar-refractivity contribution in [3.8, 4) is 0 Å². The van der Waals surface area contributed by atoms with Gasteiger partial charge in [-0.1, -0.05) is 0 Å². The lowest BCUT2D eigenvalue weighted by atomic mass is 10.1. The van der Waals surface area contributed by atoms with E-state index in [2.05, 4.69) is 0 Å².